The number of methoxy groups -OCH3 is 1. The number of hydrogen-bond donors (Lipinski definition) is 0. The first-order chi connectivity index (χ1) is 13.7. The highest BCUT2D eigenvalue weighted by Gasteiger charge is 2.32. The summed E-state index contributed by atoms with van der Waals surface area (Å²) in [7, 11) is 0.733. The zero-order valence-electron chi connectivity index (χ0n) is 16.7. The van der Waals surface area contributed by atoms with E-state index in [-0.39, 0.29) is 23.4 Å². The Kier molecular flexibility index (Phi) is 6.09. The number of carbonyl (C=O) groups is 1. The maximum Gasteiger partial charge on any atom is 0.251 e. The van der Waals surface area contributed by atoms with Crippen LogP contribution in [0.1, 0.15) is 18.4 Å². The summed E-state index contributed by atoms with van der Waals surface area (Å²) in [6.45, 7) is 0.222. The van der Waals surface area contributed by atoms with Gasteiger partial charge in [-0.25, -0.2) is 12.7 Å². The van der Waals surface area contributed by atoms with E-state index in [1.165, 1.54) is 32.4 Å². The summed E-state index contributed by atoms with van der Waals surface area (Å²) in [6, 6.07) is 10.1. The quantitative estimate of drug-likeness (QED) is 0.644. The minimum Gasteiger partial charge on any atom is -0.497 e. The molecule has 29 heavy (non-hydrogen) atoms. The van der Waals surface area contributed by atoms with Crippen molar-refractivity contribution in [3.8, 4) is 5.75 Å². The maximum atomic E-state index is 13.0. The van der Waals surface area contributed by atoms with E-state index in [4.69, 9.17) is 4.74 Å². The van der Waals surface area contributed by atoms with Crippen molar-refractivity contribution in [1.82, 2.24) is 13.8 Å². The molecule has 2 aromatic rings. The third kappa shape index (κ3) is 4.86. The molecule has 0 atom stereocenters. The SMILES string of the molecule is COc1ccc(CN(C(=O)Cn2cc(S(=O)(=O)N(C)C)ccc2=O)C2CC2)cc1. The van der Waals surface area contributed by atoms with Crippen LogP contribution in [0.5, 0.6) is 5.75 Å². The average Bonchev–Trinajstić information content (AvgIpc) is 3.53. The first-order valence-electron chi connectivity index (χ1n) is 9.28. The third-order valence-electron chi connectivity index (χ3n) is 4.86. The zero-order chi connectivity index (χ0) is 21.2. The number of aromatic nitrogens is 1. The first kappa shape index (κ1) is 21.1. The summed E-state index contributed by atoms with van der Waals surface area (Å²) < 4.78 is 32.0. The van der Waals surface area contributed by atoms with Crippen molar-refractivity contribution in [1.29, 1.82) is 0 Å². The summed E-state index contributed by atoms with van der Waals surface area (Å²) in [5.74, 6) is 0.522. The van der Waals surface area contributed by atoms with E-state index in [0.29, 0.717) is 6.54 Å². The molecule has 8 nitrogen and oxygen atoms in total. The number of amides is 1. The average molecular weight is 420 g/mol. The Bertz CT molecular complexity index is 1040. The second kappa shape index (κ2) is 8.38. The Labute approximate surface area is 170 Å². The topological polar surface area (TPSA) is 88.9 Å². The molecule has 1 aromatic heterocycles. The summed E-state index contributed by atoms with van der Waals surface area (Å²) in [6.07, 6.45) is 3.08. The van der Waals surface area contributed by atoms with Crippen LogP contribution in [0.25, 0.3) is 0 Å². The molecule has 1 aliphatic carbocycles. The molecule has 0 bridgehead atoms. The summed E-state index contributed by atoms with van der Waals surface area (Å²) in [5.41, 5.74) is 0.540. The van der Waals surface area contributed by atoms with E-state index in [2.05, 4.69) is 0 Å². The Morgan fingerprint density at radius 1 is 1.14 bits per heavy atom. The molecule has 3 rings (SSSR count). The predicted molar refractivity (Wildman–Crippen MR) is 108 cm³/mol. The molecule has 0 saturated heterocycles. The van der Waals surface area contributed by atoms with Gasteiger partial charge in [0.25, 0.3) is 5.56 Å². The van der Waals surface area contributed by atoms with E-state index in [0.717, 1.165) is 33.0 Å². The van der Waals surface area contributed by atoms with Crippen LogP contribution < -0.4 is 10.3 Å². The fourth-order valence-corrected chi connectivity index (χ4v) is 3.89. The van der Waals surface area contributed by atoms with Crippen molar-refractivity contribution in [2.45, 2.75) is 36.9 Å². The van der Waals surface area contributed by atoms with Crippen LogP contribution in [0, 0.1) is 0 Å². The number of rotatable bonds is 8. The Morgan fingerprint density at radius 2 is 1.79 bits per heavy atom. The van der Waals surface area contributed by atoms with Gasteiger partial charge in [-0.05, 0) is 36.6 Å². The molecule has 0 radical (unpaired) electrons. The molecule has 0 spiro atoms. The van der Waals surface area contributed by atoms with Crippen molar-refractivity contribution in [3.63, 3.8) is 0 Å². The fourth-order valence-electron chi connectivity index (χ4n) is 2.97. The van der Waals surface area contributed by atoms with Crippen LogP contribution in [0.3, 0.4) is 0 Å². The standard InChI is InChI=1S/C20H25N3O5S/c1-21(2)29(26,27)18-10-11-19(24)22(13-18)14-20(25)23(16-6-7-16)12-15-4-8-17(28-3)9-5-15/h4-5,8-11,13,16H,6-7,12,14H2,1-3H3. The second-order valence-corrected chi connectivity index (χ2v) is 9.37. The van der Waals surface area contributed by atoms with Gasteiger partial charge in [0, 0.05) is 38.9 Å². The lowest BCUT2D eigenvalue weighted by molar-refractivity contribution is -0.133. The number of hydrogen-bond acceptors (Lipinski definition) is 5. The van der Waals surface area contributed by atoms with Gasteiger partial charge in [-0.2, -0.15) is 0 Å². The number of carbonyl (C=O) groups excluding carboxylic acids is 1. The molecule has 1 aromatic carbocycles. The molecule has 1 aliphatic rings. The van der Waals surface area contributed by atoms with E-state index in [9.17, 15) is 18.0 Å². The van der Waals surface area contributed by atoms with Gasteiger partial charge in [-0.15, -0.1) is 0 Å². The highest BCUT2D eigenvalue weighted by atomic mass is 32.2. The van der Waals surface area contributed by atoms with Crippen molar-refractivity contribution >= 4 is 15.9 Å². The normalized spacial score (nSPS) is 14.1. The molecule has 1 fully saturated rings. The number of pyridine rings is 1. The lowest BCUT2D eigenvalue weighted by Crippen LogP contribution is -2.37. The smallest absolute Gasteiger partial charge is 0.251 e. The van der Waals surface area contributed by atoms with Crippen molar-refractivity contribution in [2.75, 3.05) is 21.2 Å². The van der Waals surface area contributed by atoms with E-state index in [1.54, 1.807) is 12.0 Å². The van der Waals surface area contributed by atoms with Crippen molar-refractivity contribution in [2.24, 2.45) is 0 Å². The van der Waals surface area contributed by atoms with Crippen LogP contribution in [-0.2, 0) is 27.9 Å². The van der Waals surface area contributed by atoms with Gasteiger partial charge in [-0.1, -0.05) is 12.1 Å². The molecule has 0 aliphatic heterocycles. The summed E-state index contributed by atoms with van der Waals surface area (Å²) in [4.78, 5) is 26.9. The number of sulfonamides is 1. The van der Waals surface area contributed by atoms with E-state index >= 15 is 0 Å². The minimum absolute atomic E-state index is 0.0250. The molecular weight excluding hydrogens is 394 g/mol. The molecule has 9 heteroatoms. The summed E-state index contributed by atoms with van der Waals surface area (Å²) >= 11 is 0. The molecule has 1 heterocycles. The van der Waals surface area contributed by atoms with Gasteiger partial charge in [0.15, 0.2) is 0 Å². The largest absolute Gasteiger partial charge is 0.497 e. The predicted octanol–water partition coefficient (Wildman–Crippen LogP) is 1.30. The van der Waals surface area contributed by atoms with E-state index < -0.39 is 15.6 Å². The Hall–Kier alpha value is -2.65. The highest BCUT2D eigenvalue weighted by molar-refractivity contribution is 7.89. The minimum atomic E-state index is -3.69. The van der Waals surface area contributed by atoms with Crippen molar-refractivity contribution < 1.29 is 17.9 Å². The Morgan fingerprint density at radius 3 is 2.34 bits per heavy atom. The van der Waals surface area contributed by atoms with Gasteiger partial charge in [-0.3, -0.25) is 9.59 Å². The van der Waals surface area contributed by atoms with Crippen LogP contribution >= 0.6 is 0 Å². The Balaban J connectivity index is 1.80. The first-order valence-corrected chi connectivity index (χ1v) is 10.7. The lowest BCUT2D eigenvalue weighted by atomic mass is 10.2. The lowest BCUT2D eigenvalue weighted by Gasteiger charge is -2.23. The number of nitrogens with zero attached hydrogens (tertiary/aromatic N) is 3. The molecular formula is C20H25N3O5S. The highest BCUT2D eigenvalue weighted by Crippen LogP contribution is 2.29. The van der Waals surface area contributed by atoms with Gasteiger partial charge in [0.1, 0.15) is 12.3 Å². The molecule has 156 valence electrons. The summed E-state index contributed by atoms with van der Waals surface area (Å²) in [5, 5.41) is 0. The van der Waals surface area contributed by atoms with E-state index in [1.807, 2.05) is 24.3 Å². The van der Waals surface area contributed by atoms with Crippen LogP contribution in [0.2, 0.25) is 0 Å². The second-order valence-electron chi connectivity index (χ2n) is 7.22. The van der Waals surface area contributed by atoms with Gasteiger partial charge in [0.05, 0.1) is 12.0 Å². The van der Waals surface area contributed by atoms with Gasteiger partial charge in [0.2, 0.25) is 15.9 Å². The van der Waals surface area contributed by atoms with Crippen LogP contribution in [0.4, 0.5) is 0 Å². The van der Waals surface area contributed by atoms with Crippen LogP contribution in [-0.4, -0.2) is 55.3 Å². The van der Waals surface area contributed by atoms with Gasteiger partial charge >= 0.3 is 0 Å². The molecule has 0 unspecified atom stereocenters. The number of benzene rings is 1. The van der Waals surface area contributed by atoms with Crippen LogP contribution in [0.15, 0.2) is 52.3 Å². The molecule has 1 saturated carbocycles. The molecule has 0 N–H and O–H groups in total. The number of ether oxygens (including phenoxy) is 1. The fraction of sp³-hybridized carbons (Fsp3) is 0.400. The third-order valence-corrected chi connectivity index (χ3v) is 6.66. The zero-order valence-corrected chi connectivity index (χ0v) is 17.6. The molecule has 1 amide bonds. The maximum absolute atomic E-state index is 13.0. The van der Waals surface area contributed by atoms with Crippen molar-refractivity contribution in [3.05, 3.63) is 58.5 Å². The van der Waals surface area contributed by atoms with Gasteiger partial charge < -0.3 is 14.2 Å². The monoisotopic (exact) mass is 419 g/mol.